The maximum absolute atomic E-state index is 12.5. The lowest BCUT2D eigenvalue weighted by atomic mass is 9.75. The number of nitrogens with zero attached hydrogens (tertiary/aromatic N) is 4. The molecule has 1 fully saturated rings. The monoisotopic (exact) mass is 564 g/mol. The molecule has 3 aliphatic rings. The van der Waals surface area contributed by atoms with Crippen LogP contribution in [0, 0.1) is 17.2 Å². The van der Waals surface area contributed by atoms with Gasteiger partial charge in [0.25, 0.3) is 0 Å². The number of anilines is 1. The van der Waals surface area contributed by atoms with E-state index in [-0.39, 0.29) is 11.1 Å². The van der Waals surface area contributed by atoms with Gasteiger partial charge in [-0.2, -0.15) is 5.26 Å². The lowest BCUT2D eigenvalue weighted by molar-refractivity contribution is -0.0856. The number of rotatable bonds is 2. The second-order valence-corrected chi connectivity index (χ2v) is 12.7. The van der Waals surface area contributed by atoms with Gasteiger partial charge in [0, 0.05) is 46.7 Å². The Bertz CT molecular complexity index is 1300. The van der Waals surface area contributed by atoms with Crippen molar-refractivity contribution >= 4 is 43.2 Å². The summed E-state index contributed by atoms with van der Waals surface area (Å²) in [6.07, 6.45) is 6.67. The maximum atomic E-state index is 12.5. The normalized spacial score (nSPS) is 24.8. The fourth-order valence-electron chi connectivity index (χ4n) is 5.47. The van der Waals surface area contributed by atoms with Crippen LogP contribution in [0.1, 0.15) is 54.5 Å². The average Bonchev–Trinajstić information content (AvgIpc) is 3.04. The summed E-state index contributed by atoms with van der Waals surface area (Å²) in [6.45, 7) is 1.68. The van der Waals surface area contributed by atoms with Crippen LogP contribution in [-0.2, 0) is 39.6 Å². The Hall–Kier alpha value is -1.73. The molecule has 180 valence electrons. The molecule has 2 atom stereocenters. The minimum Gasteiger partial charge on any atom is -0.365 e. The number of sulfone groups is 1. The second kappa shape index (κ2) is 9.05. The molecule has 0 radical (unpaired) electrons. The molecule has 2 aliphatic heterocycles. The van der Waals surface area contributed by atoms with Crippen LogP contribution >= 0.6 is 27.5 Å². The van der Waals surface area contributed by atoms with E-state index >= 15 is 0 Å². The van der Waals surface area contributed by atoms with E-state index in [0.29, 0.717) is 25.4 Å². The number of ether oxygens (including phenoxy) is 1. The lowest BCUT2D eigenvalue weighted by Crippen LogP contribution is -2.41. The number of halogens is 2. The largest absolute Gasteiger partial charge is 0.365 e. The molecule has 34 heavy (non-hydrogen) atoms. The molecule has 0 N–H and O–H groups in total. The first kappa shape index (κ1) is 24.0. The molecule has 1 aromatic carbocycles. The van der Waals surface area contributed by atoms with Crippen LogP contribution in [0.5, 0.6) is 0 Å². The van der Waals surface area contributed by atoms with Gasteiger partial charge in [-0.3, -0.25) is 0 Å². The number of hydrogen-bond donors (Lipinski definition) is 0. The van der Waals surface area contributed by atoms with Crippen LogP contribution in [0.4, 0.5) is 5.82 Å². The van der Waals surface area contributed by atoms with Gasteiger partial charge in [-0.25, -0.2) is 18.4 Å². The molecule has 2 aromatic rings. The molecule has 1 unspecified atom stereocenters. The second-order valence-electron chi connectivity index (χ2n) is 9.50. The Kier molecular flexibility index (Phi) is 6.38. The van der Waals surface area contributed by atoms with Gasteiger partial charge in [0.2, 0.25) is 15.0 Å². The zero-order valence-corrected chi connectivity index (χ0v) is 22.1. The van der Waals surface area contributed by atoms with Crippen LogP contribution < -0.4 is 4.90 Å². The van der Waals surface area contributed by atoms with Gasteiger partial charge < -0.3 is 9.64 Å². The Balaban J connectivity index is 1.60. The smallest absolute Gasteiger partial charge is 0.249 e. The Morgan fingerprint density at radius 1 is 1.24 bits per heavy atom. The molecule has 10 heteroatoms. The first-order valence-corrected chi connectivity index (χ1v) is 14.6. The van der Waals surface area contributed by atoms with E-state index in [1.54, 1.807) is 0 Å². The minimum absolute atomic E-state index is 0.0125. The lowest BCUT2D eigenvalue weighted by Gasteiger charge is -2.43. The Morgan fingerprint density at radius 3 is 2.82 bits per heavy atom. The third-order valence-electron chi connectivity index (χ3n) is 7.20. The molecule has 1 spiro atoms. The van der Waals surface area contributed by atoms with Gasteiger partial charge in [-0.15, -0.1) is 0 Å². The molecular weight excluding hydrogens is 540 g/mol. The molecule has 1 saturated heterocycles. The Labute approximate surface area is 213 Å². The van der Waals surface area contributed by atoms with Gasteiger partial charge in [0.05, 0.1) is 24.0 Å². The van der Waals surface area contributed by atoms with Crippen molar-refractivity contribution in [3.05, 3.63) is 44.0 Å². The fraction of sp³-hybridized carbons (Fsp3) is 0.542. The summed E-state index contributed by atoms with van der Waals surface area (Å²) >= 11 is 10.1. The summed E-state index contributed by atoms with van der Waals surface area (Å²) in [7, 11) is -3.61. The molecule has 1 aromatic heterocycles. The molecule has 1 aliphatic carbocycles. The van der Waals surface area contributed by atoms with Crippen molar-refractivity contribution in [1.29, 1.82) is 5.26 Å². The number of fused-ring (bicyclic) bond motifs is 3. The highest BCUT2D eigenvalue weighted by molar-refractivity contribution is 9.10. The summed E-state index contributed by atoms with van der Waals surface area (Å²) in [6, 6.07) is 6.36. The number of hydrogen-bond acceptors (Lipinski definition) is 7. The highest BCUT2D eigenvalue weighted by Crippen LogP contribution is 2.48. The van der Waals surface area contributed by atoms with Gasteiger partial charge in [0.1, 0.15) is 5.82 Å². The molecule has 0 saturated carbocycles. The zero-order valence-electron chi connectivity index (χ0n) is 19.0. The first-order valence-electron chi connectivity index (χ1n) is 11.6. The fourth-order valence-corrected chi connectivity index (χ4v) is 6.90. The summed E-state index contributed by atoms with van der Waals surface area (Å²) in [5.41, 5.74) is 3.12. The first-order chi connectivity index (χ1) is 16.2. The summed E-state index contributed by atoms with van der Waals surface area (Å²) < 4.78 is 32.6. The van der Waals surface area contributed by atoms with Crippen LogP contribution in [0.2, 0.25) is 5.02 Å². The van der Waals surface area contributed by atoms with Crippen molar-refractivity contribution in [2.75, 3.05) is 24.2 Å². The molecular formula is C24H26BrClN4O3S. The van der Waals surface area contributed by atoms with Crippen molar-refractivity contribution in [3.8, 4) is 6.07 Å². The predicted molar refractivity (Wildman–Crippen MR) is 133 cm³/mol. The van der Waals surface area contributed by atoms with E-state index < -0.39 is 15.4 Å². The minimum atomic E-state index is -3.61. The van der Waals surface area contributed by atoms with Gasteiger partial charge >= 0.3 is 0 Å². The molecule has 3 heterocycles. The van der Waals surface area contributed by atoms with Crippen LogP contribution in [0.3, 0.4) is 0 Å². The van der Waals surface area contributed by atoms with Crippen molar-refractivity contribution in [2.45, 2.75) is 62.3 Å². The van der Waals surface area contributed by atoms with Crippen LogP contribution in [0.25, 0.3) is 0 Å². The number of nitriles is 1. The Morgan fingerprint density at radius 2 is 2.06 bits per heavy atom. The predicted octanol–water partition coefficient (Wildman–Crippen LogP) is 4.73. The topological polar surface area (TPSA) is 96.2 Å². The molecule has 7 nitrogen and oxygen atoms in total. The van der Waals surface area contributed by atoms with E-state index in [1.165, 1.54) is 0 Å². The zero-order chi connectivity index (χ0) is 24.1. The summed E-state index contributed by atoms with van der Waals surface area (Å²) in [5, 5.41) is 9.94. The van der Waals surface area contributed by atoms with Crippen molar-refractivity contribution < 1.29 is 13.2 Å². The van der Waals surface area contributed by atoms with E-state index in [0.717, 1.165) is 83.2 Å². The van der Waals surface area contributed by atoms with E-state index in [9.17, 15) is 13.7 Å². The highest BCUT2D eigenvalue weighted by Gasteiger charge is 2.44. The maximum Gasteiger partial charge on any atom is 0.249 e. The van der Waals surface area contributed by atoms with Crippen LogP contribution in [0.15, 0.2) is 21.8 Å². The quantitative estimate of drug-likeness (QED) is 0.486. The third kappa shape index (κ3) is 4.34. The summed E-state index contributed by atoms with van der Waals surface area (Å²) in [5.74, 6) is 0.640. The van der Waals surface area contributed by atoms with Gasteiger partial charge in [-0.1, -0.05) is 27.5 Å². The van der Waals surface area contributed by atoms with E-state index in [4.69, 9.17) is 16.3 Å². The van der Waals surface area contributed by atoms with E-state index in [2.05, 4.69) is 42.9 Å². The molecule has 5 rings (SSSR count). The van der Waals surface area contributed by atoms with Crippen LogP contribution in [-0.4, -0.2) is 37.7 Å². The van der Waals surface area contributed by atoms with E-state index in [1.807, 2.05) is 6.07 Å². The summed E-state index contributed by atoms with van der Waals surface area (Å²) in [4.78, 5) is 11.2. The average molecular weight is 566 g/mol. The molecule has 0 amide bonds. The van der Waals surface area contributed by atoms with Gasteiger partial charge in [0.15, 0.2) is 0 Å². The standard InChI is InChI=1S/C24H26BrClN4O3S/c1-34(31,32)23-28-21-12-24(7-2-5-17-19(24)10-16(25)11-20(17)26)33-14-18(21)22(29-23)30-8-3-4-15(13-27)6-9-30/h10-11,15H,2-9,12,14H2,1H3/t15-,24?/m1/s1. The van der Waals surface area contributed by atoms with Gasteiger partial charge in [-0.05, 0) is 61.8 Å². The van der Waals surface area contributed by atoms with Crippen molar-refractivity contribution in [3.63, 3.8) is 0 Å². The van der Waals surface area contributed by atoms with Crippen molar-refractivity contribution in [2.24, 2.45) is 5.92 Å². The number of benzene rings is 1. The highest BCUT2D eigenvalue weighted by atomic mass is 79.9. The molecule has 0 bridgehead atoms. The SMILES string of the molecule is CS(=O)(=O)c1nc2c(c(N3CCC[C@@H](C#N)CC3)n1)COC1(CCCc3c(Cl)cc(Br)cc31)C2. The third-order valence-corrected chi connectivity index (χ3v) is 8.84. The van der Waals surface area contributed by atoms with Crippen molar-refractivity contribution in [1.82, 2.24) is 9.97 Å². The number of aromatic nitrogens is 2.